The zero-order valence-corrected chi connectivity index (χ0v) is 11.1. The number of aromatic nitrogens is 2. The summed E-state index contributed by atoms with van der Waals surface area (Å²) in [6.07, 6.45) is 2.62. The van der Waals surface area contributed by atoms with E-state index in [4.69, 9.17) is 0 Å². The number of hydrogen-bond donors (Lipinski definition) is 1. The van der Waals surface area contributed by atoms with Crippen molar-refractivity contribution in [1.82, 2.24) is 9.78 Å². The van der Waals surface area contributed by atoms with Crippen LogP contribution in [0, 0.1) is 0 Å². The number of aryl methyl sites for hydroxylation is 1. The van der Waals surface area contributed by atoms with Crippen LogP contribution < -0.4 is 10.9 Å². The number of hydrogen-bond acceptors (Lipinski definition) is 3. The molecule has 0 spiro atoms. The average molecular weight is 274 g/mol. The molecule has 1 rings (SSSR count). The molecule has 0 unspecified atom stereocenters. The van der Waals surface area contributed by atoms with Crippen LogP contribution in [0.2, 0.25) is 0 Å². The van der Waals surface area contributed by atoms with E-state index in [1.54, 1.807) is 13.2 Å². The third-order valence-electron chi connectivity index (χ3n) is 2.44. The van der Waals surface area contributed by atoms with Crippen LogP contribution in [-0.4, -0.2) is 15.3 Å². The first-order valence-electron chi connectivity index (χ1n) is 4.87. The van der Waals surface area contributed by atoms with Crippen LogP contribution in [0.25, 0.3) is 0 Å². The van der Waals surface area contributed by atoms with Crippen molar-refractivity contribution in [3.05, 3.63) is 21.0 Å². The topological polar surface area (TPSA) is 46.9 Å². The Balaban J connectivity index is 3.08. The normalized spacial score (nSPS) is 11.5. The van der Waals surface area contributed by atoms with Crippen molar-refractivity contribution >= 4 is 21.6 Å². The first-order valence-corrected chi connectivity index (χ1v) is 5.66. The number of rotatable bonds is 3. The summed E-state index contributed by atoms with van der Waals surface area (Å²) in [4.78, 5) is 11.6. The van der Waals surface area contributed by atoms with Gasteiger partial charge in [-0.25, -0.2) is 4.68 Å². The summed E-state index contributed by atoms with van der Waals surface area (Å²) in [5, 5.41) is 7.25. The number of nitrogens with zero attached hydrogens (tertiary/aromatic N) is 2. The molecule has 1 aromatic rings. The highest BCUT2D eigenvalue weighted by molar-refractivity contribution is 9.10. The summed E-state index contributed by atoms with van der Waals surface area (Å²) < 4.78 is 1.83. The van der Waals surface area contributed by atoms with Crippen molar-refractivity contribution in [2.75, 3.05) is 5.32 Å². The van der Waals surface area contributed by atoms with Crippen molar-refractivity contribution in [1.29, 1.82) is 0 Å². The predicted molar refractivity (Wildman–Crippen MR) is 65.2 cm³/mol. The second-order valence-electron chi connectivity index (χ2n) is 4.16. The van der Waals surface area contributed by atoms with E-state index < -0.39 is 0 Å². The van der Waals surface area contributed by atoms with Gasteiger partial charge in [0, 0.05) is 12.6 Å². The van der Waals surface area contributed by atoms with Gasteiger partial charge in [-0.1, -0.05) is 6.92 Å². The molecular formula is C10H16BrN3O. The molecule has 0 saturated heterocycles. The minimum atomic E-state index is -0.132. The molecule has 0 bridgehead atoms. The Kier molecular flexibility index (Phi) is 3.54. The summed E-state index contributed by atoms with van der Waals surface area (Å²) >= 11 is 3.28. The van der Waals surface area contributed by atoms with Gasteiger partial charge >= 0.3 is 0 Å². The lowest BCUT2D eigenvalue weighted by molar-refractivity contribution is 0.545. The molecule has 5 heteroatoms. The first kappa shape index (κ1) is 12.2. The van der Waals surface area contributed by atoms with Gasteiger partial charge in [0.1, 0.15) is 4.47 Å². The van der Waals surface area contributed by atoms with Gasteiger partial charge in [-0.15, -0.1) is 0 Å². The summed E-state index contributed by atoms with van der Waals surface area (Å²) in [6.45, 7) is 6.25. The van der Waals surface area contributed by atoms with Crippen LogP contribution in [0.15, 0.2) is 15.5 Å². The third-order valence-corrected chi connectivity index (χ3v) is 3.20. The predicted octanol–water partition coefficient (Wildman–Crippen LogP) is 2.14. The van der Waals surface area contributed by atoms with E-state index in [9.17, 15) is 4.79 Å². The second kappa shape index (κ2) is 4.35. The van der Waals surface area contributed by atoms with E-state index >= 15 is 0 Å². The van der Waals surface area contributed by atoms with E-state index in [-0.39, 0.29) is 11.1 Å². The first-order chi connectivity index (χ1) is 6.87. The van der Waals surface area contributed by atoms with Crippen LogP contribution in [0.5, 0.6) is 0 Å². The van der Waals surface area contributed by atoms with Crippen molar-refractivity contribution in [2.24, 2.45) is 7.05 Å². The van der Waals surface area contributed by atoms with Gasteiger partial charge < -0.3 is 5.32 Å². The van der Waals surface area contributed by atoms with E-state index in [1.807, 2.05) is 0 Å². The zero-order valence-electron chi connectivity index (χ0n) is 9.47. The Morgan fingerprint density at radius 1 is 1.60 bits per heavy atom. The monoisotopic (exact) mass is 273 g/mol. The van der Waals surface area contributed by atoms with Crippen molar-refractivity contribution in [3.63, 3.8) is 0 Å². The van der Waals surface area contributed by atoms with Gasteiger partial charge in [0.25, 0.3) is 5.56 Å². The Morgan fingerprint density at radius 2 is 2.20 bits per heavy atom. The molecule has 0 aliphatic heterocycles. The molecule has 0 amide bonds. The van der Waals surface area contributed by atoms with Gasteiger partial charge in [0.05, 0.1) is 11.9 Å². The molecule has 15 heavy (non-hydrogen) atoms. The molecule has 0 aliphatic carbocycles. The largest absolute Gasteiger partial charge is 0.378 e. The number of anilines is 1. The molecule has 0 aromatic carbocycles. The lowest BCUT2D eigenvalue weighted by Gasteiger charge is -2.26. The van der Waals surface area contributed by atoms with Crippen LogP contribution in [0.1, 0.15) is 27.2 Å². The molecule has 0 radical (unpaired) electrons. The van der Waals surface area contributed by atoms with Gasteiger partial charge in [-0.2, -0.15) is 5.10 Å². The van der Waals surface area contributed by atoms with Gasteiger partial charge in [-0.3, -0.25) is 4.79 Å². The Labute approximate surface area is 97.8 Å². The molecule has 0 fully saturated rings. The minimum Gasteiger partial charge on any atom is -0.378 e. The van der Waals surface area contributed by atoms with E-state index in [1.165, 1.54) is 4.68 Å². The van der Waals surface area contributed by atoms with Gasteiger partial charge in [-0.05, 0) is 36.2 Å². The van der Waals surface area contributed by atoms with Crippen LogP contribution in [0.3, 0.4) is 0 Å². The summed E-state index contributed by atoms with van der Waals surface area (Å²) in [7, 11) is 1.63. The molecular weight excluding hydrogens is 258 g/mol. The maximum Gasteiger partial charge on any atom is 0.282 e. The smallest absolute Gasteiger partial charge is 0.282 e. The van der Waals surface area contributed by atoms with E-state index in [0.717, 1.165) is 12.1 Å². The highest BCUT2D eigenvalue weighted by Gasteiger charge is 2.17. The van der Waals surface area contributed by atoms with Crippen molar-refractivity contribution < 1.29 is 0 Å². The number of nitrogens with one attached hydrogen (secondary N) is 1. The molecule has 0 aliphatic rings. The Morgan fingerprint density at radius 3 is 2.73 bits per heavy atom. The van der Waals surface area contributed by atoms with E-state index in [2.05, 4.69) is 47.1 Å². The molecule has 1 N–H and O–H groups in total. The van der Waals surface area contributed by atoms with Crippen LogP contribution >= 0.6 is 15.9 Å². The fourth-order valence-corrected chi connectivity index (χ4v) is 1.51. The van der Waals surface area contributed by atoms with E-state index in [0.29, 0.717) is 4.47 Å². The Bertz CT molecular complexity index is 412. The maximum atomic E-state index is 11.6. The van der Waals surface area contributed by atoms with Gasteiger partial charge in [0.15, 0.2) is 0 Å². The molecule has 1 heterocycles. The quantitative estimate of drug-likeness (QED) is 0.918. The number of halogens is 1. The Hall–Kier alpha value is -0.840. The minimum absolute atomic E-state index is 0.0451. The summed E-state index contributed by atoms with van der Waals surface area (Å²) in [5.41, 5.74) is 0.563. The fourth-order valence-electron chi connectivity index (χ4n) is 1.05. The molecule has 4 nitrogen and oxygen atoms in total. The molecule has 0 saturated carbocycles. The average Bonchev–Trinajstić information content (AvgIpc) is 2.19. The summed E-state index contributed by atoms with van der Waals surface area (Å²) in [5.74, 6) is 0. The lowest BCUT2D eigenvalue weighted by atomic mass is 10.0. The molecule has 1 aromatic heterocycles. The lowest BCUT2D eigenvalue weighted by Crippen LogP contribution is -2.31. The third kappa shape index (κ3) is 2.81. The SMILES string of the molecule is CCC(C)(C)Nc1cnn(C)c(=O)c1Br. The van der Waals surface area contributed by atoms with Crippen LogP contribution in [-0.2, 0) is 7.05 Å². The molecule has 0 atom stereocenters. The standard InChI is InChI=1S/C10H16BrN3O/c1-5-10(2,3)13-7-6-12-14(4)9(15)8(7)11/h6,13H,5H2,1-4H3. The maximum absolute atomic E-state index is 11.6. The zero-order chi connectivity index (χ0) is 11.6. The van der Waals surface area contributed by atoms with Crippen molar-refractivity contribution in [3.8, 4) is 0 Å². The highest BCUT2D eigenvalue weighted by atomic mass is 79.9. The molecule has 84 valence electrons. The van der Waals surface area contributed by atoms with Crippen LogP contribution in [0.4, 0.5) is 5.69 Å². The second-order valence-corrected chi connectivity index (χ2v) is 4.96. The summed E-state index contributed by atoms with van der Waals surface area (Å²) in [6, 6.07) is 0. The highest BCUT2D eigenvalue weighted by Crippen LogP contribution is 2.22. The van der Waals surface area contributed by atoms with Gasteiger partial charge in [0.2, 0.25) is 0 Å². The van der Waals surface area contributed by atoms with Crippen molar-refractivity contribution in [2.45, 2.75) is 32.7 Å². The fraction of sp³-hybridized carbons (Fsp3) is 0.600.